The minimum Gasteiger partial charge on any atom is -0.0630 e. The van der Waals surface area contributed by atoms with Crippen LogP contribution in [0.1, 0.15) is 86.4 Å². The van der Waals surface area contributed by atoms with Gasteiger partial charge >= 0.3 is 0 Å². The highest BCUT2D eigenvalue weighted by molar-refractivity contribution is 7.07. The van der Waals surface area contributed by atoms with Crippen molar-refractivity contribution in [3.05, 3.63) is 123 Å². The van der Waals surface area contributed by atoms with Crippen molar-refractivity contribution in [2.45, 2.75) is 79.3 Å². The lowest BCUT2D eigenvalue weighted by molar-refractivity contribution is 0.590. The number of hydrogen-bond donors (Lipinski definition) is 0. The zero-order valence-corrected chi connectivity index (χ0v) is 27.9. The molecule has 212 valence electrons. The fourth-order valence-electron chi connectivity index (χ4n) is 8.35. The highest BCUT2D eigenvalue weighted by Gasteiger charge is 2.49. The zero-order chi connectivity index (χ0) is 29.7. The van der Waals surface area contributed by atoms with Gasteiger partial charge in [-0.3, -0.25) is 0 Å². The molecule has 3 aliphatic rings. The minimum atomic E-state index is -1.95. The van der Waals surface area contributed by atoms with Gasteiger partial charge in [0.25, 0.3) is 0 Å². The van der Waals surface area contributed by atoms with E-state index in [1.54, 1.807) is 38.2 Å². The van der Waals surface area contributed by atoms with Gasteiger partial charge in [0.1, 0.15) is 8.07 Å². The lowest BCUT2D eigenvalue weighted by atomic mass is 9.82. The van der Waals surface area contributed by atoms with Gasteiger partial charge in [-0.1, -0.05) is 143 Å². The Morgan fingerprint density at radius 1 is 0.786 bits per heavy atom. The molecule has 0 N–H and O–H groups in total. The van der Waals surface area contributed by atoms with Crippen molar-refractivity contribution in [1.82, 2.24) is 0 Å². The lowest BCUT2D eigenvalue weighted by Gasteiger charge is -2.29. The third-order valence-corrected chi connectivity index (χ3v) is 13.9. The van der Waals surface area contributed by atoms with Gasteiger partial charge in [-0.2, -0.15) is 0 Å². The van der Waals surface area contributed by atoms with Gasteiger partial charge in [-0.25, -0.2) is 0 Å². The second-order valence-corrected chi connectivity index (χ2v) is 19.2. The first kappa shape index (κ1) is 27.4. The Hall–Kier alpha value is -3.42. The molecule has 0 saturated heterocycles. The quantitative estimate of drug-likeness (QED) is 0.216. The van der Waals surface area contributed by atoms with Crippen LogP contribution in [0.15, 0.2) is 83.9 Å². The van der Waals surface area contributed by atoms with Crippen LogP contribution in [0.25, 0.3) is 33.5 Å². The molecule has 4 aromatic rings. The van der Waals surface area contributed by atoms with Gasteiger partial charge in [0.05, 0.1) is 0 Å². The Morgan fingerprint density at radius 2 is 1.48 bits per heavy atom. The first-order valence-corrected chi connectivity index (χ1v) is 18.8. The molecule has 42 heavy (non-hydrogen) atoms. The molecule has 0 saturated carbocycles. The molecular formula is C41H44Si. The molecule has 0 nitrogen and oxygen atoms in total. The molecule has 0 radical (unpaired) electrons. The maximum atomic E-state index is 2.65. The normalized spacial score (nSPS) is 18.2. The first-order chi connectivity index (χ1) is 19.9. The average molecular weight is 565 g/mol. The fourth-order valence-corrected chi connectivity index (χ4v) is 12.5. The van der Waals surface area contributed by atoms with Crippen molar-refractivity contribution in [3.63, 3.8) is 0 Å². The summed E-state index contributed by atoms with van der Waals surface area (Å²) < 4.78 is 0. The Labute approximate surface area is 254 Å². The second-order valence-electron chi connectivity index (χ2n) is 14.9. The molecular weight excluding hydrogens is 521 g/mol. The van der Waals surface area contributed by atoms with E-state index >= 15 is 0 Å². The Kier molecular flexibility index (Phi) is 6.06. The van der Waals surface area contributed by atoms with Crippen LogP contribution >= 0.6 is 0 Å². The van der Waals surface area contributed by atoms with Gasteiger partial charge in [0, 0.05) is 5.92 Å². The number of allylic oxidation sites excluding steroid dienone is 2. The van der Waals surface area contributed by atoms with Gasteiger partial charge in [-0.05, 0) is 97.6 Å². The van der Waals surface area contributed by atoms with Crippen LogP contribution in [-0.2, 0) is 11.8 Å². The fraction of sp³-hybridized carbons (Fsp3) is 0.317. The molecule has 4 aromatic carbocycles. The highest BCUT2D eigenvalue weighted by atomic mass is 28.3. The van der Waals surface area contributed by atoms with Gasteiger partial charge < -0.3 is 0 Å². The van der Waals surface area contributed by atoms with Crippen molar-refractivity contribution in [2.24, 2.45) is 5.92 Å². The van der Waals surface area contributed by atoms with Crippen LogP contribution in [0, 0.1) is 12.8 Å². The van der Waals surface area contributed by atoms with Gasteiger partial charge in [0.15, 0.2) is 0 Å². The summed E-state index contributed by atoms with van der Waals surface area (Å²) in [6, 6.07) is 28.1. The van der Waals surface area contributed by atoms with E-state index in [1.165, 1.54) is 44.5 Å². The third kappa shape index (κ3) is 3.93. The summed E-state index contributed by atoms with van der Waals surface area (Å²) in [6.45, 7) is 21.7. The Bertz CT molecular complexity index is 1820. The summed E-state index contributed by atoms with van der Waals surface area (Å²) in [5.41, 5.74) is 19.4. The minimum absolute atomic E-state index is 0.152. The Balaban J connectivity index is 1.49. The van der Waals surface area contributed by atoms with Crippen LogP contribution in [0.4, 0.5) is 0 Å². The van der Waals surface area contributed by atoms with E-state index in [4.69, 9.17) is 0 Å². The smallest absolute Gasteiger partial charge is 0.0630 e. The summed E-state index contributed by atoms with van der Waals surface area (Å²) in [5, 5.41) is 3.43. The predicted octanol–water partition coefficient (Wildman–Crippen LogP) is 10.6. The Morgan fingerprint density at radius 3 is 2.12 bits per heavy atom. The topological polar surface area (TPSA) is 0 Å². The van der Waals surface area contributed by atoms with Crippen molar-refractivity contribution < 1.29 is 0 Å². The molecule has 1 unspecified atom stereocenters. The number of benzene rings is 4. The van der Waals surface area contributed by atoms with Crippen LogP contribution < -0.4 is 5.19 Å². The number of hydrogen-bond acceptors (Lipinski definition) is 0. The molecule has 2 bridgehead atoms. The maximum absolute atomic E-state index is 2.65. The van der Waals surface area contributed by atoms with E-state index in [0.29, 0.717) is 11.8 Å². The van der Waals surface area contributed by atoms with Crippen molar-refractivity contribution in [2.75, 3.05) is 0 Å². The summed E-state index contributed by atoms with van der Waals surface area (Å²) in [6.07, 6.45) is 3.61. The monoisotopic (exact) mass is 564 g/mol. The van der Waals surface area contributed by atoms with Crippen molar-refractivity contribution in [1.29, 1.82) is 0 Å². The summed E-state index contributed by atoms with van der Waals surface area (Å²) in [4.78, 5) is 0. The van der Waals surface area contributed by atoms with E-state index < -0.39 is 8.07 Å². The number of aryl methyl sites for hydroxylation is 1. The van der Waals surface area contributed by atoms with Gasteiger partial charge in [0.2, 0.25) is 0 Å². The van der Waals surface area contributed by atoms with E-state index in [2.05, 4.69) is 140 Å². The van der Waals surface area contributed by atoms with E-state index in [1.807, 2.05) is 0 Å². The molecule has 0 amide bonds. The number of fused-ring (bicyclic) bond motifs is 2. The average Bonchev–Trinajstić information content (AvgIpc) is 3.54. The molecule has 1 heteroatoms. The molecule has 0 spiro atoms. The van der Waals surface area contributed by atoms with Crippen LogP contribution in [0.2, 0.25) is 13.1 Å². The highest BCUT2D eigenvalue weighted by Crippen LogP contribution is 2.55. The first-order valence-electron chi connectivity index (χ1n) is 15.8. The van der Waals surface area contributed by atoms with E-state index in [-0.39, 0.29) is 5.41 Å². The second kappa shape index (κ2) is 9.29. The molecule has 2 aliphatic carbocycles. The van der Waals surface area contributed by atoms with Crippen LogP contribution in [-0.4, -0.2) is 8.07 Å². The molecule has 1 heterocycles. The predicted molar refractivity (Wildman–Crippen MR) is 185 cm³/mol. The summed E-state index contributed by atoms with van der Waals surface area (Å²) in [5.74, 6) is 0.896. The van der Waals surface area contributed by atoms with Crippen LogP contribution in [0.5, 0.6) is 0 Å². The molecule has 7 rings (SSSR count). The van der Waals surface area contributed by atoms with Gasteiger partial charge in [-0.15, -0.1) is 0 Å². The third-order valence-electron chi connectivity index (χ3n) is 10.3. The number of rotatable bonds is 4. The molecule has 0 aromatic heterocycles. The largest absolute Gasteiger partial charge is 0.114 e. The molecule has 1 atom stereocenters. The van der Waals surface area contributed by atoms with E-state index in [9.17, 15) is 0 Å². The summed E-state index contributed by atoms with van der Waals surface area (Å²) >= 11 is 0. The van der Waals surface area contributed by atoms with E-state index in [0.717, 1.165) is 6.42 Å². The van der Waals surface area contributed by atoms with Crippen molar-refractivity contribution >= 4 is 24.5 Å². The standard InChI is InChI=1S/C41H44Si/c1-24(2)31-22-29-23-35(36-26(4)21-33-32(19-25(3)20-34(33)36)27-13-11-10-12-14-27)40-37(38(29)39(31)42(40,8)9)28-15-17-30(18-16-28)41(5,6)7/h10-21,23-24,36H,22H2,1-9H3. The van der Waals surface area contributed by atoms with Crippen LogP contribution in [0.3, 0.4) is 0 Å². The van der Waals surface area contributed by atoms with Crippen molar-refractivity contribution in [3.8, 4) is 22.3 Å². The summed E-state index contributed by atoms with van der Waals surface area (Å²) in [7, 11) is -1.95. The molecule has 1 aliphatic heterocycles. The molecule has 0 fully saturated rings. The maximum Gasteiger partial charge on any atom is 0.114 e. The zero-order valence-electron chi connectivity index (χ0n) is 26.9. The SMILES string of the molecule is CC1=Cc2c(-c3ccccc3)cc(C)cc2C1c1cc2c3c(-c4ccc(C(C)(C)C)cc4)c1[Si](C)(C)C3=C(C(C)C)C2. The lowest BCUT2D eigenvalue weighted by Crippen LogP contribution is -2.43.